The maximum Gasteiger partial charge on any atom is 0.336 e. The zero-order chi connectivity index (χ0) is 32.4. The zero-order valence-electron chi connectivity index (χ0n) is 25.8. The number of hydrogen-bond acceptors (Lipinski definition) is 7. The van der Waals surface area contributed by atoms with E-state index in [0.717, 1.165) is 16.7 Å². The first kappa shape index (κ1) is 32.8. The number of methoxy groups -OCH3 is 1. The minimum atomic E-state index is -1.60. The van der Waals surface area contributed by atoms with Crippen LogP contribution in [0.2, 0.25) is 0 Å². The Balaban J connectivity index is 1.42. The molecule has 0 aliphatic rings. The number of benzene rings is 4. The molecule has 4 rings (SSSR count). The molecule has 0 heterocycles. The van der Waals surface area contributed by atoms with Crippen LogP contribution in [-0.2, 0) is 20.7 Å². The standard InChI is InChI=1S/C36H38N4O5/c1-36(2,3)32(34(43)37-30(31(41)35(44)45-4)23-24-11-7-5-8-12-24)38-33(42)27-17-21-29(22-18-27)40-39-28-19-15-26(16-20-28)25-13-9-6-10-14-25/h5-22,30-32,41H,23H2,1-4H3,(H,37,43)(H,38,42)/t30-,31+,32+/m0/s1. The fourth-order valence-corrected chi connectivity index (χ4v) is 4.70. The van der Waals surface area contributed by atoms with Gasteiger partial charge in [-0.3, -0.25) is 9.59 Å². The Bertz CT molecular complexity index is 1600. The van der Waals surface area contributed by atoms with E-state index >= 15 is 0 Å². The monoisotopic (exact) mass is 606 g/mol. The Labute approximate surface area is 263 Å². The zero-order valence-corrected chi connectivity index (χ0v) is 25.8. The van der Waals surface area contributed by atoms with Gasteiger partial charge in [0.25, 0.3) is 5.91 Å². The summed E-state index contributed by atoms with van der Waals surface area (Å²) in [7, 11) is 1.17. The van der Waals surface area contributed by atoms with Crippen LogP contribution in [0.5, 0.6) is 0 Å². The first-order valence-corrected chi connectivity index (χ1v) is 14.6. The van der Waals surface area contributed by atoms with Gasteiger partial charge in [-0.05, 0) is 64.9 Å². The summed E-state index contributed by atoms with van der Waals surface area (Å²) >= 11 is 0. The second kappa shape index (κ2) is 15.0. The third-order valence-corrected chi connectivity index (χ3v) is 7.24. The van der Waals surface area contributed by atoms with Gasteiger partial charge in [0.05, 0.1) is 24.5 Å². The van der Waals surface area contributed by atoms with Crippen LogP contribution in [0, 0.1) is 5.41 Å². The normalized spacial score (nSPS) is 13.4. The summed E-state index contributed by atoms with van der Waals surface area (Å²) in [6.45, 7) is 5.45. The van der Waals surface area contributed by atoms with Gasteiger partial charge >= 0.3 is 5.97 Å². The van der Waals surface area contributed by atoms with E-state index < -0.39 is 41.4 Å². The molecule has 0 aliphatic carbocycles. The van der Waals surface area contributed by atoms with Gasteiger partial charge in [-0.2, -0.15) is 10.2 Å². The second-order valence-corrected chi connectivity index (χ2v) is 11.7. The minimum Gasteiger partial charge on any atom is -0.467 e. The van der Waals surface area contributed by atoms with Crippen molar-refractivity contribution >= 4 is 29.2 Å². The number of azo groups is 1. The molecule has 0 bridgehead atoms. The summed E-state index contributed by atoms with van der Waals surface area (Å²) in [6.07, 6.45) is -1.42. The van der Waals surface area contributed by atoms with Crippen molar-refractivity contribution in [3.8, 4) is 11.1 Å². The molecule has 2 amide bonds. The van der Waals surface area contributed by atoms with Crippen molar-refractivity contribution in [1.29, 1.82) is 0 Å². The van der Waals surface area contributed by atoms with Gasteiger partial charge in [-0.1, -0.05) is 93.6 Å². The van der Waals surface area contributed by atoms with Crippen molar-refractivity contribution in [2.24, 2.45) is 15.6 Å². The van der Waals surface area contributed by atoms with Crippen molar-refractivity contribution in [2.75, 3.05) is 7.11 Å². The van der Waals surface area contributed by atoms with E-state index in [9.17, 15) is 19.5 Å². The number of ether oxygens (including phenoxy) is 1. The maximum absolute atomic E-state index is 13.5. The average molecular weight is 607 g/mol. The summed E-state index contributed by atoms with van der Waals surface area (Å²) in [5, 5.41) is 24.8. The Morgan fingerprint density at radius 3 is 1.78 bits per heavy atom. The largest absolute Gasteiger partial charge is 0.467 e. The van der Waals surface area contributed by atoms with Crippen molar-refractivity contribution in [3.05, 3.63) is 120 Å². The van der Waals surface area contributed by atoms with Gasteiger partial charge in [0, 0.05) is 5.56 Å². The third kappa shape index (κ3) is 9.17. The predicted octanol–water partition coefficient (Wildman–Crippen LogP) is 6.17. The van der Waals surface area contributed by atoms with E-state index in [-0.39, 0.29) is 6.42 Å². The van der Waals surface area contributed by atoms with E-state index in [1.54, 1.807) is 24.3 Å². The SMILES string of the molecule is COC(=O)[C@H](O)[C@H](Cc1ccccc1)NC(=O)[C@@H](NC(=O)c1ccc(N=Nc2ccc(-c3ccccc3)cc2)cc1)C(C)(C)C. The smallest absolute Gasteiger partial charge is 0.336 e. The molecular weight excluding hydrogens is 568 g/mol. The van der Waals surface area contributed by atoms with E-state index in [0.29, 0.717) is 16.9 Å². The Kier molecular flexibility index (Phi) is 10.9. The number of aliphatic hydroxyl groups excluding tert-OH is 1. The summed E-state index contributed by atoms with van der Waals surface area (Å²) in [5.41, 5.74) is 3.90. The first-order chi connectivity index (χ1) is 21.5. The molecule has 0 saturated carbocycles. The molecule has 4 aromatic carbocycles. The molecule has 3 N–H and O–H groups in total. The highest BCUT2D eigenvalue weighted by molar-refractivity contribution is 5.98. The van der Waals surface area contributed by atoms with Crippen LogP contribution in [-0.4, -0.2) is 48.2 Å². The lowest BCUT2D eigenvalue weighted by Gasteiger charge is -2.32. The summed E-state index contributed by atoms with van der Waals surface area (Å²) in [5.74, 6) is -1.87. The highest BCUT2D eigenvalue weighted by Crippen LogP contribution is 2.25. The second-order valence-electron chi connectivity index (χ2n) is 11.7. The lowest BCUT2D eigenvalue weighted by molar-refractivity contribution is -0.152. The summed E-state index contributed by atoms with van der Waals surface area (Å²) in [4.78, 5) is 38.9. The number of carbonyl (C=O) groups is 3. The first-order valence-electron chi connectivity index (χ1n) is 14.6. The minimum absolute atomic E-state index is 0.181. The van der Waals surface area contributed by atoms with Crippen LogP contribution < -0.4 is 10.6 Å². The van der Waals surface area contributed by atoms with Crippen LogP contribution in [0.1, 0.15) is 36.7 Å². The van der Waals surface area contributed by atoms with Crippen molar-refractivity contribution in [1.82, 2.24) is 10.6 Å². The molecule has 9 heteroatoms. The fourth-order valence-electron chi connectivity index (χ4n) is 4.70. The van der Waals surface area contributed by atoms with E-state index in [1.165, 1.54) is 7.11 Å². The molecule has 4 aromatic rings. The molecule has 3 atom stereocenters. The maximum atomic E-state index is 13.5. The quantitative estimate of drug-likeness (QED) is 0.139. The Morgan fingerprint density at radius 2 is 1.24 bits per heavy atom. The molecule has 0 radical (unpaired) electrons. The molecule has 0 spiro atoms. The number of rotatable bonds is 11. The summed E-state index contributed by atoms with van der Waals surface area (Å²) < 4.78 is 4.71. The van der Waals surface area contributed by atoms with Crippen molar-refractivity contribution in [3.63, 3.8) is 0 Å². The van der Waals surface area contributed by atoms with Gasteiger partial charge < -0.3 is 20.5 Å². The highest BCUT2D eigenvalue weighted by atomic mass is 16.5. The molecule has 0 saturated heterocycles. The van der Waals surface area contributed by atoms with Gasteiger partial charge in [0.2, 0.25) is 5.91 Å². The van der Waals surface area contributed by atoms with E-state index in [2.05, 4.69) is 20.9 Å². The summed E-state index contributed by atoms with van der Waals surface area (Å²) in [6, 6.07) is 31.6. The number of aliphatic hydroxyl groups is 1. The number of hydrogen-bond donors (Lipinski definition) is 3. The molecule has 45 heavy (non-hydrogen) atoms. The van der Waals surface area contributed by atoms with Crippen molar-refractivity contribution < 1.29 is 24.2 Å². The van der Waals surface area contributed by atoms with E-state index in [1.807, 2.05) is 106 Å². The number of carbonyl (C=O) groups excluding carboxylic acids is 3. The van der Waals surface area contributed by atoms with Gasteiger partial charge in [-0.15, -0.1) is 0 Å². The van der Waals surface area contributed by atoms with Gasteiger partial charge in [-0.25, -0.2) is 4.79 Å². The topological polar surface area (TPSA) is 129 Å². The number of amides is 2. The average Bonchev–Trinajstić information content (AvgIpc) is 3.05. The van der Waals surface area contributed by atoms with Crippen LogP contribution in [0.4, 0.5) is 11.4 Å². The molecule has 9 nitrogen and oxygen atoms in total. The van der Waals surface area contributed by atoms with E-state index in [4.69, 9.17) is 4.74 Å². The lowest BCUT2D eigenvalue weighted by Crippen LogP contribution is -2.58. The van der Waals surface area contributed by atoms with Gasteiger partial charge in [0.15, 0.2) is 6.10 Å². The Hall–Kier alpha value is -5.15. The molecule has 232 valence electrons. The van der Waals surface area contributed by atoms with Gasteiger partial charge in [0.1, 0.15) is 6.04 Å². The number of esters is 1. The lowest BCUT2D eigenvalue weighted by atomic mass is 9.85. The highest BCUT2D eigenvalue weighted by Gasteiger charge is 2.36. The Morgan fingerprint density at radius 1 is 0.733 bits per heavy atom. The fraction of sp³-hybridized carbons (Fsp3) is 0.250. The molecular formula is C36H38N4O5. The molecule has 0 fully saturated rings. The van der Waals surface area contributed by atoms with Crippen LogP contribution >= 0.6 is 0 Å². The van der Waals surface area contributed by atoms with Crippen LogP contribution in [0.3, 0.4) is 0 Å². The number of nitrogens with one attached hydrogen (secondary N) is 2. The van der Waals surface area contributed by atoms with Crippen LogP contribution in [0.15, 0.2) is 119 Å². The van der Waals surface area contributed by atoms with Crippen molar-refractivity contribution in [2.45, 2.75) is 45.4 Å². The molecule has 0 aromatic heterocycles. The molecule has 0 unspecified atom stereocenters. The molecule has 0 aliphatic heterocycles. The number of nitrogens with zero attached hydrogens (tertiary/aromatic N) is 2. The van der Waals surface area contributed by atoms with Crippen LogP contribution in [0.25, 0.3) is 11.1 Å². The predicted molar refractivity (Wildman–Crippen MR) is 173 cm³/mol. The third-order valence-electron chi connectivity index (χ3n) is 7.24.